The van der Waals surface area contributed by atoms with Gasteiger partial charge >= 0.3 is 5.97 Å². The van der Waals surface area contributed by atoms with E-state index in [-0.39, 0.29) is 15.5 Å². The molecule has 1 aliphatic heterocycles. The second-order valence-corrected chi connectivity index (χ2v) is 10.1. The number of non-ortho nitro benzene ring substituents is 1. The molecule has 0 aliphatic carbocycles. The van der Waals surface area contributed by atoms with Crippen LogP contribution in [0.25, 0.3) is 0 Å². The Kier molecular flexibility index (Phi) is 7.07. The van der Waals surface area contributed by atoms with Gasteiger partial charge in [-0.15, -0.1) is 11.3 Å². The molecule has 1 saturated heterocycles. The van der Waals surface area contributed by atoms with Crippen molar-refractivity contribution in [2.24, 2.45) is 0 Å². The molecule has 1 aliphatic rings. The van der Waals surface area contributed by atoms with E-state index >= 15 is 0 Å². The van der Waals surface area contributed by atoms with Crippen LogP contribution >= 0.6 is 23.1 Å². The third kappa shape index (κ3) is 5.16. The monoisotopic (exact) mass is 471 g/mol. The number of carbonyl (C=O) groups excluding carboxylic acids is 2. The Balaban J connectivity index is 1.61. The molecular formula is C17H17N3O7S3. The van der Waals surface area contributed by atoms with Crippen molar-refractivity contribution >= 4 is 56.4 Å². The van der Waals surface area contributed by atoms with Crippen LogP contribution in [0.1, 0.15) is 9.67 Å². The zero-order valence-electron chi connectivity index (χ0n) is 15.5. The molecule has 1 amide bonds. The highest BCUT2D eigenvalue weighted by molar-refractivity contribution is 7.99. The van der Waals surface area contributed by atoms with Gasteiger partial charge in [0.1, 0.15) is 9.77 Å². The number of thiophene rings is 1. The van der Waals surface area contributed by atoms with Crippen LogP contribution in [0.4, 0.5) is 11.4 Å². The van der Waals surface area contributed by atoms with Gasteiger partial charge in [-0.1, -0.05) is 0 Å². The number of nitrogens with one attached hydrogen (secondary N) is 1. The van der Waals surface area contributed by atoms with Gasteiger partial charge in [0, 0.05) is 42.4 Å². The first-order valence-corrected chi connectivity index (χ1v) is 12.1. The average Bonchev–Trinajstić information content (AvgIpc) is 3.24. The number of carbonyl (C=O) groups is 2. The summed E-state index contributed by atoms with van der Waals surface area (Å²) < 4.78 is 31.9. The van der Waals surface area contributed by atoms with Crippen LogP contribution in [0.3, 0.4) is 0 Å². The lowest BCUT2D eigenvalue weighted by atomic mass is 10.3. The molecule has 13 heteroatoms. The van der Waals surface area contributed by atoms with Gasteiger partial charge in [-0.25, -0.2) is 13.2 Å². The number of rotatable bonds is 7. The van der Waals surface area contributed by atoms with E-state index in [4.69, 9.17) is 4.74 Å². The molecule has 0 spiro atoms. The van der Waals surface area contributed by atoms with Gasteiger partial charge in [0.05, 0.1) is 4.92 Å². The third-order valence-electron chi connectivity index (χ3n) is 4.10. The Morgan fingerprint density at radius 3 is 2.47 bits per heavy atom. The van der Waals surface area contributed by atoms with Crippen LogP contribution < -0.4 is 5.32 Å². The van der Waals surface area contributed by atoms with Gasteiger partial charge in [-0.05, 0) is 23.6 Å². The largest absolute Gasteiger partial charge is 0.451 e. The maximum atomic E-state index is 12.8. The van der Waals surface area contributed by atoms with Crippen molar-refractivity contribution in [3.63, 3.8) is 0 Å². The van der Waals surface area contributed by atoms with Crippen molar-refractivity contribution < 1.29 is 27.7 Å². The van der Waals surface area contributed by atoms with E-state index < -0.39 is 33.4 Å². The molecular weight excluding hydrogens is 454 g/mol. The zero-order valence-corrected chi connectivity index (χ0v) is 17.9. The maximum Gasteiger partial charge on any atom is 0.350 e. The fourth-order valence-electron chi connectivity index (χ4n) is 2.64. The molecule has 2 heterocycles. The summed E-state index contributed by atoms with van der Waals surface area (Å²) >= 11 is 2.59. The SMILES string of the molecule is O=C(COC(=O)c1sccc1S(=O)(=O)N1CCSCC1)Nc1ccc([N+](=O)[O-])cc1. The summed E-state index contributed by atoms with van der Waals surface area (Å²) in [5.41, 5.74) is 0.169. The van der Waals surface area contributed by atoms with E-state index in [2.05, 4.69) is 5.32 Å². The summed E-state index contributed by atoms with van der Waals surface area (Å²) in [6.45, 7) is 0.109. The lowest BCUT2D eigenvalue weighted by molar-refractivity contribution is -0.384. The van der Waals surface area contributed by atoms with E-state index in [1.54, 1.807) is 11.8 Å². The number of amides is 1. The molecule has 160 valence electrons. The van der Waals surface area contributed by atoms with Gasteiger partial charge in [0.2, 0.25) is 10.0 Å². The molecule has 1 aromatic carbocycles. The second kappa shape index (κ2) is 9.55. The van der Waals surface area contributed by atoms with Crippen molar-refractivity contribution in [1.82, 2.24) is 4.31 Å². The first-order chi connectivity index (χ1) is 14.3. The Morgan fingerprint density at radius 2 is 1.83 bits per heavy atom. The second-order valence-electron chi connectivity index (χ2n) is 6.06. The smallest absolute Gasteiger partial charge is 0.350 e. The molecule has 30 heavy (non-hydrogen) atoms. The third-order valence-corrected chi connectivity index (χ3v) is 8.01. The summed E-state index contributed by atoms with van der Waals surface area (Å²) in [5, 5.41) is 14.6. The van der Waals surface area contributed by atoms with E-state index in [9.17, 15) is 28.1 Å². The van der Waals surface area contributed by atoms with Crippen LogP contribution in [0.5, 0.6) is 0 Å². The van der Waals surface area contributed by atoms with E-state index in [1.807, 2.05) is 0 Å². The molecule has 1 aromatic heterocycles. The minimum Gasteiger partial charge on any atom is -0.451 e. The Labute approximate surface area is 180 Å². The first kappa shape index (κ1) is 22.2. The van der Waals surface area contributed by atoms with Crippen molar-refractivity contribution in [2.75, 3.05) is 36.5 Å². The van der Waals surface area contributed by atoms with Crippen molar-refractivity contribution in [3.05, 3.63) is 50.7 Å². The van der Waals surface area contributed by atoms with Crippen LogP contribution in [0.15, 0.2) is 40.6 Å². The van der Waals surface area contributed by atoms with Crippen LogP contribution in [0.2, 0.25) is 0 Å². The quantitative estimate of drug-likeness (QED) is 0.369. The van der Waals surface area contributed by atoms with Crippen molar-refractivity contribution in [2.45, 2.75) is 4.90 Å². The number of benzene rings is 1. The lowest BCUT2D eigenvalue weighted by Gasteiger charge is -2.25. The average molecular weight is 472 g/mol. The number of anilines is 1. The zero-order chi connectivity index (χ0) is 21.7. The number of hydrogen-bond donors (Lipinski definition) is 1. The van der Waals surface area contributed by atoms with Crippen LogP contribution in [0, 0.1) is 10.1 Å². The fourth-order valence-corrected chi connectivity index (χ4v) is 6.49. The maximum absolute atomic E-state index is 12.8. The molecule has 2 aromatic rings. The van der Waals surface area contributed by atoms with Crippen LogP contribution in [-0.2, 0) is 19.6 Å². The van der Waals surface area contributed by atoms with Crippen molar-refractivity contribution in [1.29, 1.82) is 0 Å². The van der Waals surface area contributed by atoms with Crippen LogP contribution in [-0.4, -0.2) is 60.7 Å². The Bertz CT molecular complexity index is 1040. The normalized spacial score (nSPS) is 14.8. The lowest BCUT2D eigenvalue weighted by Crippen LogP contribution is -2.38. The summed E-state index contributed by atoms with van der Waals surface area (Å²) in [6.07, 6.45) is 0. The molecule has 1 N–H and O–H groups in total. The van der Waals surface area contributed by atoms with Gasteiger partial charge in [-0.2, -0.15) is 16.1 Å². The standard InChI is InChI=1S/C17H17N3O7S3/c21-15(18-12-1-3-13(4-2-12)20(23)24)11-27-17(22)16-14(5-8-29-16)30(25,26)19-6-9-28-10-7-19/h1-5,8H,6-7,9-11H2,(H,18,21). The van der Waals surface area contributed by atoms with Crippen molar-refractivity contribution in [3.8, 4) is 0 Å². The molecule has 1 fully saturated rings. The van der Waals surface area contributed by atoms with E-state index in [0.717, 1.165) is 11.3 Å². The molecule has 0 atom stereocenters. The van der Waals surface area contributed by atoms with Gasteiger partial charge in [-0.3, -0.25) is 14.9 Å². The molecule has 10 nitrogen and oxygen atoms in total. The molecule has 0 bridgehead atoms. The Morgan fingerprint density at radius 1 is 1.17 bits per heavy atom. The number of nitrogens with zero attached hydrogens (tertiary/aromatic N) is 2. The number of ether oxygens (including phenoxy) is 1. The van der Waals surface area contributed by atoms with Gasteiger partial charge in [0.25, 0.3) is 11.6 Å². The van der Waals surface area contributed by atoms with Gasteiger partial charge in [0.15, 0.2) is 6.61 Å². The van der Waals surface area contributed by atoms with E-state index in [1.165, 1.54) is 40.0 Å². The summed E-state index contributed by atoms with van der Waals surface area (Å²) in [7, 11) is -3.82. The number of sulfonamides is 1. The minimum absolute atomic E-state index is 0.0867. The van der Waals surface area contributed by atoms with Gasteiger partial charge < -0.3 is 10.1 Å². The number of hydrogen-bond acceptors (Lipinski definition) is 9. The predicted octanol–water partition coefficient (Wildman–Crippen LogP) is 2.19. The summed E-state index contributed by atoms with van der Waals surface area (Å²) in [4.78, 5) is 34.2. The highest BCUT2D eigenvalue weighted by Crippen LogP contribution is 2.27. The highest BCUT2D eigenvalue weighted by atomic mass is 32.2. The number of nitro groups is 1. The van der Waals surface area contributed by atoms with E-state index in [0.29, 0.717) is 30.3 Å². The molecule has 0 saturated carbocycles. The molecule has 3 rings (SSSR count). The first-order valence-electron chi connectivity index (χ1n) is 8.66. The highest BCUT2D eigenvalue weighted by Gasteiger charge is 2.31. The minimum atomic E-state index is -3.82. The summed E-state index contributed by atoms with van der Waals surface area (Å²) in [5.74, 6) is -0.196. The predicted molar refractivity (Wildman–Crippen MR) is 112 cm³/mol. The molecule has 0 radical (unpaired) electrons. The Hall–Kier alpha value is -2.48. The molecule has 0 unspecified atom stereocenters. The number of esters is 1. The fraction of sp³-hybridized carbons (Fsp3) is 0.294. The summed E-state index contributed by atoms with van der Waals surface area (Å²) in [6, 6.07) is 6.50. The number of nitro benzene ring substituents is 1. The topological polar surface area (TPSA) is 136 Å². The number of thioether (sulfide) groups is 1.